The second kappa shape index (κ2) is 7.74. The Labute approximate surface area is 147 Å². The van der Waals surface area contributed by atoms with Crippen LogP contribution in [0.25, 0.3) is 0 Å². The third kappa shape index (κ3) is 4.04. The van der Waals surface area contributed by atoms with Crippen LogP contribution in [-0.4, -0.2) is 56.8 Å². The third-order valence-corrected chi connectivity index (χ3v) is 4.85. The van der Waals surface area contributed by atoms with E-state index in [4.69, 9.17) is 4.74 Å². The molecule has 0 aromatic carbocycles. The average Bonchev–Trinajstić information content (AvgIpc) is 2.93. The zero-order chi connectivity index (χ0) is 17.8. The summed E-state index contributed by atoms with van der Waals surface area (Å²) in [6.45, 7) is 7.66. The first kappa shape index (κ1) is 17.5. The van der Waals surface area contributed by atoms with E-state index in [-0.39, 0.29) is 11.9 Å². The second-order valence-electron chi connectivity index (χ2n) is 6.53. The van der Waals surface area contributed by atoms with Crippen LogP contribution < -0.4 is 0 Å². The first-order valence-electron chi connectivity index (χ1n) is 8.70. The number of morpholine rings is 1. The summed E-state index contributed by atoms with van der Waals surface area (Å²) in [6, 6.07) is 0.0789. The topological polar surface area (TPSA) is 84.0 Å². The summed E-state index contributed by atoms with van der Waals surface area (Å²) in [5.74, 6) is 0.136. The molecule has 7 heteroatoms. The maximum Gasteiger partial charge on any atom is 0.227 e. The Hall–Kier alpha value is -2.28. The molecule has 1 aliphatic heterocycles. The fraction of sp³-hybridized carbons (Fsp3) is 0.556. The molecule has 134 valence electrons. The number of aromatic amines is 1. The van der Waals surface area contributed by atoms with Crippen LogP contribution in [0.2, 0.25) is 0 Å². The van der Waals surface area contributed by atoms with Gasteiger partial charge in [-0.05, 0) is 33.6 Å². The molecule has 1 saturated heterocycles. The van der Waals surface area contributed by atoms with E-state index >= 15 is 0 Å². The molecule has 25 heavy (non-hydrogen) atoms. The summed E-state index contributed by atoms with van der Waals surface area (Å²) in [6.07, 6.45) is 5.42. The Balaban J connectivity index is 1.66. The number of amides is 1. The number of carbonyl (C=O) groups is 1. The van der Waals surface area contributed by atoms with Crippen molar-refractivity contribution < 1.29 is 9.53 Å². The predicted octanol–water partition coefficient (Wildman–Crippen LogP) is 1.53. The molecule has 1 fully saturated rings. The molecule has 2 aromatic heterocycles. The number of hydrogen-bond acceptors (Lipinski definition) is 5. The van der Waals surface area contributed by atoms with Crippen LogP contribution in [0, 0.1) is 20.8 Å². The molecule has 0 spiro atoms. The fourth-order valence-corrected chi connectivity index (χ4v) is 3.29. The van der Waals surface area contributed by atoms with E-state index < -0.39 is 0 Å². The Morgan fingerprint density at radius 3 is 2.80 bits per heavy atom. The fourth-order valence-electron chi connectivity index (χ4n) is 3.29. The van der Waals surface area contributed by atoms with E-state index in [1.807, 2.05) is 25.7 Å². The van der Waals surface area contributed by atoms with Crippen LogP contribution >= 0.6 is 0 Å². The van der Waals surface area contributed by atoms with Gasteiger partial charge in [-0.15, -0.1) is 0 Å². The molecule has 7 nitrogen and oxygen atoms in total. The number of nitrogens with one attached hydrogen (secondary N) is 1. The molecule has 1 N–H and O–H groups in total. The highest BCUT2D eigenvalue weighted by molar-refractivity contribution is 5.79. The van der Waals surface area contributed by atoms with Gasteiger partial charge in [-0.1, -0.05) is 0 Å². The summed E-state index contributed by atoms with van der Waals surface area (Å²) in [5, 5.41) is 7.13. The standard InChI is InChI=1S/C18H25N5O2/c1-12-16(13(2)22-21-12)10-18(24)23-8-9-25-11-15(23)4-5-17-14(3)19-6-7-20-17/h6-7,15H,4-5,8-11H2,1-3H3,(H,21,22)/t15-/m0/s1. The Morgan fingerprint density at radius 2 is 2.08 bits per heavy atom. The van der Waals surface area contributed by atoms with Crippen molar-refractivity contribution in [1.82, 2.24) is 25.1 Å². The summed E-state index contributed by atoms with van der Waals surface area (Å²) in [5.41, 5.74) is 4.79. The number of nitrogens with zero attached hydrogens (tertiary/aromatic N) is 4. The third-order valence-electron chi connectivity index (χ3n) is 4.85. The van der Waals surface area contributed by atoms with E-state index in [9.17, 15) is 4.79 Å². The molecule has 2 aromatic rings. The van der Waals surface area contributed by atoms with Crippen molar-refractivity contribution in [2.24, 2.45) is 0 Å². The van der Waals surface area contributed by atoms with Crippen LogP contribution in [0.15, 0.2) is 12.4 Å². The lowest BCUT2D eigenvalue weighted by atomic mass is 10.0. The minimum atomic E-state index is 0.0789. The van der Waals surface area contributed by atoms with Crippen LogP contribution in [0.1, 0.15) is 34.8 Å². The molecular weight excluding hydrogens is 318 g/mol. The van der Waals surface area contributed by atoms with Gasteiger partial charge in [0.1, 0.15) is 0 Å². The molecule has 0 saturated carbocycles. The summed E-state index contributed by atoms with van der Waals surface area (Å²) in [7, 11) is 0. The second-order valence-corrected chi connectivity index (χ2v) is 6.53. The van der Waals surface area contributed by atoms with Crippen molar-refractivity contribution in [3.8, 4) is 0 Å². The van der Waals surface area contributed by atoms with Gasteiger partial charge in [0.25, 0.3) is 0 Å². The van der Waals surface area contributed by atoms with Crippen molar-refractivity contribution in [3.05, 3.63) is 40.7 Å². The first-order valence-corrected chi connectivity index (χ1v) is 8.70. The highest BCUT2D eigenvalue weighted by Crippen LogP contribution is 2.18. The molecule has 1 amide bonds. The maximum absolute atomic E-state index is 12.9. The molecule has 3 rings (SSSR count). The van der Waals surface area contributed by atoms with E-state index in [1.54, 1.807) is 12.4 Å². The van der Waals surface area contributed by atoms with Crippen LogP contribution in [0.3, 0.4) is 0 Å². The number of ether oxygens (including phenoxy) is 1. The lowest BCUT2D eigenvalue weighted by Gasteiger charge is -2.36. The Kier molecular flexibility index (Phi) is 5.43. The summed E-state index contributed by atoms with van der Waals surface area (Å²) < 4.78 is 5.62. The van der Waals surface area contributed by atoms with E-state index in [2.05, 4.69) is 20.2 Å². The molecule has 0 aliphatic carbocycles. The lowest BCUT2D eigenvalue weighted by Crippen LogP contribution is -2.49. The summed E-state index contributed by atoms with van der Waals surface area (Å²) >= 11 is 0. The molecule has 1 aliphatic rings. The normalized spacial score (nSPS) is 17.7. The number of carbonyl (C=O) groups excluding carboxylic acids is 1. The molecule has 1 atom stereocenters. The monoisotopic (exact) mass is 343 g/mol. The number of aryl methyl sites for hydroxylation is 4. The van der Waals surface area contributed by atoms with Crippen molar-refractivity contribution in [2.45, 2.75) is 46.1 Å². The van der Waals surface area contributed by atoms with Crippen molar-refractivity contribution >= 4 is 5.91 Å². The lowest BCUT2D eigenvalue weighted by molar-refractivity contribution is -0.139. The Bertz CT molecular complexity index is 723. The van der Waals surface area contributed by atoms with Crippen molar-refractivity contribution in [3.63, 3.8) is 0 Å². The minimum absolute atomic E-state index is 0.0789. The van der Waals surface area contributed by atoms with Gasteiger partial charge in [0.15, 0.2) is 0 Å². The highest BCUT2D eigenvalue weighted by atomic mass is 16.5. The van der Waals surface area contributed by atoms with Gasteiger partial charge in [-0.2, -0.15) is 5.10 Å². The molecule has 3 heterocycles. The number of rotatable bonds is 5. The molecular formula is C18H25N5O2. The van der Waals surface area contributed by atoms with Gasteiger partial charge >= 0.3 is 0 Å². The SMILES string of the molecule is Cc1nccnc1CC[C@H]1COCCN1C(=O)Cc1c(C)n[nH]c1C. The summed E-state index contributed by atoms with van der Waals surface area (Å²) in [4.78, 5) is 23.5. The van der Waals surface area contributed by atoms with Crippen molar-refractivity contribution in [2.75, 3.05) is 19.8 Å². The quantitative estimate of drug-likeness (QED) is 0.890. The molecule has 0 radical (unpaired) electrons. The van der Waals surface area contributed by atoms with Gasteiger partial charge < -0.3 is 9.64 Å². The predicted molar refractivity (Wildman–Crippen MR) is 93.2 cm³/mol. The van der Waals surface area contributed by atoms with Crippen LogP contribution in [-0.2, 0) is 22.4 Å². The van der Waals surface area contributed by atoms with Crippen LogP contribution in [0.4, 0.5) is 0 Å². The number of H-pyrrole nitrogens is 1. The van der Waals surface area contributed by atoms with Crippen molar-refractivity contribution in [1.29, 1.82) is 0 Å². The van der Waals surface area contributed by atoms with Gasteiger partial charge in [0.05, 0.1) is 42.8 Å². The van der Waals surface area contributed by atoms with Gasteiger partial charge in [-0.25, -0.2) is 0 Å². The van der Waals surface area contributed by atoms with Gasteiger partial charge in [-0.3, -0.25) is 19.9 Å². The number of hydrogen-bond donors (Lipinski definition) is 1. The molecule has 0 unspecified atom stereocenters. The van der Waals surface area contributed by atoms with Gasteiger partial charge in [0.2, 0.25) is 5.91 Å². The first-order chi connectivity index (χ1) is 12.1. The van der Waals surface area contributed by atoms with E-state index in [0.29, 0.717) is 26.2 Å². The smallest absolute Gasteiger partial charge is 0.227 e. The van der Waals surface area contributed by atoms with Crippen LogP contribution in [0.5, 0.6) is 0 Å². The van der Waals surface area contributed by atoms with E-state index in [1.165, 1.54) is 0 Å². The Morgan fingerprint density at radius 1 is 1.28 bits per heavy atom. The maximum atomic E-state index is 12.9. The number of aromatic nitrogens is 4. The van der Waals surface area contributed by atoms with E-state index in [0.717, 1.165) is 41.2 Å². The zero-order valence-corrected chi connectivity index (χ0v) is 15.1. The largest absolute Gasteiger partial charge is 0.377 e. The van der Waals surface area contributed by atoms with Gasteiger partial charge in [0, 0.05) is 30.2 Å². The minimum Gasteiger partial charge on any atom is -0.377 e. The highest BCUT2D eigenvalue weighted by Gasteiger charge is 2.28. The zero-order valence-electron chi connectivity index (χ0n) is 15.1. The molecule has 0 bridgehead atoms. The average molecular weight is 343 g/mol.